The van der Waals surface area contributed by atoms with Crippen LogP contribution in [0.25, 0.3) is 0 Å². The number of nitrogens with one attached hydrogen (secondary N) is 2. The molecule has 29 heavy (non-hydrogen) atoms. The maximum atomic E-state index is 13.1. The van der Waals surface area contributed by atoms with Crippen LogP contribution in [0.4, 0.5) is 24.9 Å². The third-order valence-corrected chi connectivity index (χ3v) is 4.67. The van der Waals surface area contributed by atoms with Gasteiger partial charge in [-0.3, -0.25) is 4.99 Å². The van der Waals surface area contributed by atoms with Crippen LogP contribution in [0.5, 0.6) is 0 Å². The minimum atomic E-state index is -4.55. The van der Waals surface area contributed by atoms with Crippen LogP contribution in [0.15, 0.2) is 35.6 Å². The van der Waals surface area contributed by atoms with Gasteiger partial charge in [0.1, 0.15) is 11.4 Å². The fraction of sp³-hybridized carbons (Fsp3) is 0.444. The third-order valence-electron chi connectivity index (χ3n) is 4.67. The number of halogens is 3. The molecule has 0 unspecified atom stereocenters. The Hall–Kier alpha value is -3.11. The molecule has 0 fully saturated rings. The second-order valence-electron chi connectivity index (χ2n) is 6.61. The molecule has 0 amide bonds. The minimum absolute atomic E-state index is 0.000794. The lowest BCUT2D eigenvalue weighted by molar-refractivity contribution is -0.137. The van der Waals surface area contributed by atoms with Crippen LogP contribution in [0.1, 0.15) is 37.4 Å². The lowest BCUT2D eigenvalue weighted by Gasteiger charge is -2.15. The molecular formula is C18H23F3N8. The van der Waals surface area contributed by atoms with Crippen molar-refractivity contribution in [3.63, 3.8) is 0 Å². The second kappa shape index (κ2) is 8.50. The van der Waals surface area contributed by atoms with E-state index in [4.69, 9.17) is 5.73 Å². The minimum Gasteiger partial charge on any atom is -0.403 e. The van der Waals surface area contributed by atoms with Crippen molar-refractivity contribution in [1.82, 2.24) is 19.5 Å². The van der Waals surface area contributed by atoms with Crippen molar-refractivity contribution in [2.24, 2.45) is 10.7 Å². The molecule has 2 aromatic heterocycles. The summed E-state index contributed by atoms with van der Waals surface area (Å²) in [6.07, 6.45) is 2.13. The highest BCUT2D eigenvalue weighted by molar-refractivity contribution is 6.00. The molecule has 0 saturated carbocycles. The van der Waals surface area contributed by atoms with Gasteiger partial charge in [0.15, 0.2) is 0 Å². The van der Waals surface area contributed by atoms with E-state index in [2.05, 4.69) is 35.1 Å². The number of allylic oxidation sites excluding steroid dienone is 1. The lowest BCUT2D eigenvalue weighted by Crippen LogP contribution is -2.17. The van der Waals surface area contributed by atoms with Crippen molar-refractivity contribution in [3.05, 3.63) is 41.9 Å². The number of hydrogen-bond acceptors (Lipinski definition) is 7. The van der Waals surface area contributed by atoms with Gasteiger partial charge in [0.25, 0.3) is 0 Å². The van der Waals surface area contributed by atoms with Gasteiger partial charge in [0.2, 0.25) is 5.95 Å². The lowest BCUT2D eigenvalue weighted by atomic mass is 10.1. The van der Waals surface area contributed by atoms with Gasteiger partial charge in [-0.25, -0.2) is 9.97 Å². The number of fused-ring (bicyclic) bond motifs is 1. The van der Waals surface area contributed by atoms with E-state index < -0.39 is 11.7 Å². The summed E-state index contributed by atoms with van der Waals surface area (Å²) < 4.78 is 41.4. The van der Waals surface area contributed by atoms with Crippen LogP contribution in [0.3, 0.4) is 0 Å². The smallest absolute Gasteiger partial charge is 0.403 e. The molecule has 1 aliphatic heterocycles. The van der Waals surface area contributed by atoms with Crippen molar-refractivity contribution in [2.75, 3.05) is 23.7 Å². The number of alkyl halides is 3. The molecule has 0 bridgehead atoms. The number of anilines is 2. The van der Waals surface area contributed by atoms with Crippen molar-refractivity contribution in [3.8, 4) is 0 Å². The first-order chi connectivity index (χ1) is 13.8. The van der Waals surface area contributed by atoms with Gasteiger partial charge in [-0.05, 0) is 20.3 Å². The van der Waals surface area contributed by atoms with Gasteiger partial charge >= 0.3 is 6.18 Å². The predicted molar refractivity (Wildman–Crippen MR) is 105 cm³/mol. The molecule has 2 aromatic rings. The normalized spacial score (nSPS) is 17.3. The Morgan fingerprint density at radius 2 is 2.21 bits per heavy atom. The molecule has 11 heteroatoms. The summed E-state index contributed by atoms with van der Waals surface area (Å²) in [5.41, 5.74) is 6.95. The summed E-state index contributed by atoms with van der Waals surface area (Å²) >= 11 is 0. The van der Waals surface area contributed by atoms with Crippen LogP contribution >= 0.6 is 0 Å². The maximum Gasteiger partial charge on any atom is 0.421 e. The summed E-state index contributed by atoms with van der Waals surface area (Å²) in [6, 6.07) is 0. The summed E-state index contributed by atoms with van der Waals surface area (Å²) in [5.74, 6) is -0.0176. The van der Waals surface area contributed by atoms with Crippen LogP contribution in [0, 0.1) is 0 Å². The number of rotatable bonds is 7. The van der Waals surface area contributed by atoms with Gasteiger partial charge in [-0.2, -0.15) is 18.2 Å². The monoisotopic (exact) mass is 408 g/mol. The average Bonchev–Trinajstić information content (AvgIpc) is 3.28. The number of imidazole rings is 1. The Balaban J connectivity index is 1.73. The molecule has 1 aliphatic rings. The molecule has 3 heterocycles. The average molecular weight is 408 g/mol. The summed E-state index contributed by atoms with van der Waals surface area (Å²) in [7, 11) is 0. The third kappa shape index (κ3) is 4.66. The molecule has 3 rings (SSSR count). The number of nitrogens with zero attached hydrogens (tertiary/aromatic N) is 5. The number of aromatic nitrogens is 4. The van der Waals surface area contributed by atoms with E-state index in [1.54, 1.807) is 13.8 Å². The molecule has 0 aromatic carbocycles. The van der Waals surface area contributed by atoms with Crippen LogP contribution in [0.2, 0.25) is 0 Å². The molecule has 4 N–H and O–H groups in total. The molecule has 0 spiro atoms. The van der Waals surface area contributed by atoms with E-state index in [-0.39, 0.29) is 24.2 Å². The molecular weight excluding hydrogens is 385 g/mol. The first-order valence-corrected chi connectivity index (χ1v) is 9.22. The van der Waals surface area contributed by atoms with E-state index in [0.29, 0.717) is 18.0 Å². The highest BCUT2D eigenvalue weighted by Gasteiger charge is 2.35. The topological polar surface area (TPSA) is 106 Å². The fourth-order valence-electron chi connectivity index (χ4n) is 3.14. The number of aryl methyl sites for hydroxylation is 1. The molecule has 0 radical (unpaired) electrons. The quantitative estimate of drug-likeness (QED) is 0.608. The van der Waals surface area contributed by atoms with Gasteiger partial charge in [-0.1, -0.05) is 0 Å². The Bertz CT molecular complexity index is 916. The van der Waals surface area contributed by atoms with E-state index in [1.165, 1.54) is 6.20 Å². The maximum absolute atomic E-state index is 13.1. The zero-order valence-electron chi connectivity index (χ0n) is 16.2. The fourth-order valence-corrected chi connectivity index (χ4v) is 3.14. The Kier molecular flexibility index (Phi) is 6.04. The Labute approximate surface area is 166 Å². The van der Waals surface area contributed by atoms with Crippen molar-refractivity contribution < 1.29 is 13.2 Å². The largest absolute Gasteiger partial charge is 0.421 e. The molecule has 156 valence electrons. The number of nitrogens with two attached hydrogens (primary N) is 1. The van der Waals surface area contributed by atoms with E-state index in [0.717, 1.165) is 24.9 Å². The molecule has 1 atom stereocenters. The number of aliphatic imine (C=N–C) groups is 1. The highest BCUT2D eigenvalue weighted by atomic mass is 19.4. The Morgan fingerprint density at radius 1 is 1.41 bits per heavy atom. The highest BCUT2D eigenvalue weighted by Crippen LogP contribution is 2.34. The van der Waals surface area contributed by atoms with Gasteiger partial charge < -0.3 is 20.9 Å². The summed E-state index contributed by atoms with van der Waals surface area (Å²) in [4.78, 5) is 16.4. The summed E-state index contributed by atoms with van der Waals surface area (Å²) in [6.45, 7) is 5.23. The van der Waals surface area contributed by atoms with Crippen molar-refractivity contribution in [1.29, 1.82) is 0 Å². The first kappa shape index (κ1) is 20.6. The van der Waals surface area contributed by atoms with E-state index in [9.17, 15) is 13.2 Å². The molecule has 0 saturated heterocycles. The molecule has 0 aliphatic carbocycles. The zero-order valence-corrected chi connectivity index (χ0v) is 16.2. The van der Waals surface area contributed by atoms with Crippen LogP contribution in [-0.2, 0) is 12.7 Å². The van der Waals surface area contributed by atoms with Crippen molar-refractivity contribution in [2.45, 2.75) is 38.9 Å². The first-order valence-electron chi connectivity index (χ1n) is 9.22. The van der Waals surface area contributed by atoms with E-state index in [1.807, 2.05) is 12.5 Å². The second-order valence-corrected chi connectivity index (χ2v) is 6.61. The number of hydrogen-bond donors (Lipinski definition) is 3. The predicted octanol–water partition coefficient (Wildman–Crippen LogP) is 2.98. The zero-order chi connectivity index (χ0) is 21.0. The van der Waals surface area contributed by atoms with Gasteiger partial charge in [-0.15, -0.1) is 0 Å². The Morgan fingerprint density at radius 3 is 2.90 bits per heavy atom. The van der Waals surface area contributed by atoms with Crippen LogP contribution in [-0.4, -0.2) is 38.3 Å². The van der Waals surface area contributed by atoms with E-state index >= 15 is 0 Å². The summed E-state index contributed by atoms with van der Waals surface area (Å²) in [5, 5.41) is 5.47. The molecule has 8 nitrogen and oxygen atoms in total. The van der Waals surface area contributed by atoms with Crippen LogP contribution < -0.4 is 16.4 Å². The SMILES string of the molecule is CCNc1nc(N/C(=C/N)C(C)=NC[C@H]2CCn3cncc32)ncc1C(F)(F)F. The van der Waals surface area contributed by atoms with Gasteiger partial charge in [0.05, 0.1) is 17.7 Å². The van der Waals surface area contributed by atoms with Gasteiger partial charge in [0, 0.05) is 49.8 Å². The standard InChI is InChI=1S/C18H23F3N8/c1-3-24-16-13(18(19,20)21)8-26-17(28-16)27-14(6-22)11(2)25-7-12-4-5-29-10-23-9-15(12)29/h6,8-10,12H,3-5,7,22H2,1-2H3,(H2,24,26,27,28)/b14-6+,25-11?/t12-/m1/s1. The van der Waals surface area contributed by atoms with Crippen molar-refractivity contribution >= 4 is 17.5 Å².